The second-order valence-corrected chi connectivity index (χ2v) is 13.0. The Labute approximate surface area is 273 Å². The second kappa shape index (κ2) is 16.0. The molecule has 2 atom stereocenters. The maximum Gasteiger partial charge on any atom is 0.308 e. The minimum atomic E-state index is -1.03. The number of pyridine rings is 1. The Bertz CT molecular complexity index is 1620. The van der Waals surface area contributed by atoms with E-state index in [9.17, 15) is 14.4 Å². The van der Waals surface area contributed by atoms with Crippen molar-refractivity contribution in [2.45, 2.75) is 79.8 Å². The van der Waals surface area contributed by atoms with Crippen LogP contribution in [0.1, 0.15) is 86.0 Å². The highest BCUT2D eigenvalue weighted by molar-refractivity contribution is 5.82. The van der Waals surface area contributed by atoms with Crippen LogP contribution in [0.3, 0.4) is 0 Å². The first-order valence-electron chi connectivity index (χ1n) is 16.0. The third-order valence-corrected chi connectivity index (χ3v) is 8.16. The molecule has 0 radical (unpaired) electrons. The van der Waals surface area contributed by atoms with E-state index in [2.05, 4.69) is 16.8 Å². The summed E-state index contributed by atoms with van der Waals surface area (Å²) in [6.07, 6.45) is 2.51. The van der Waals surface area contributed by atoms with Crippen LogP contribution in [-0.2, 0) is 20.7 Å². The van der Waals surface area contributed by atoms with Gasteiger partial charge in [-0.2, -0.15) is 0 Å². The lowest BCUT2D eigenvalue weighted by Crippen LogP contribution is -2.41. The van der Waals surface area contributed by atoms with Gasteiger partial charge in [-0.25, -0.2) is 4.39 Å². The third kappa shape index (κ3) is 9.03. The number of aryl methyl sites for hydroxylation is 3. The summed E-state index contributed by atoms with van der Waals surface area (Å²) < 4.78 is 22.7. The lowest BCUT2D eigenvalue weighted by molar-refractivity contribution is -0.144. The van der Waals surface area contributed by atoms with Crippen molar-refractivity contribution < 1.29 is 18.7 Å². The van der Waals surface area contributed by atoms with Crippen LogP contribution >= 0.6 is 0 Å². The molecule has 2 aromatic carbocycles. The molecule has 3 aromatic rings. The summed E-state index contributed by atoms with van der Waals surface area (Å²) in [4.78, 5) is 43.0. The fourth-order valence-electron chi connectivity index (χ4n) is 5.84. The average Bonchev–Trinajstić information content (AvgIpc) is 2.96. The Morgan fingerprint density at radius 1 is 1.07 bits per heavy atom. The average molecular weight is 632 g/mol. The Morgan fingerprint density at radius 2 is 1.72 bits per heavy atom. The molecule has 1 unspecified atom stereocenters. The molecular weight excluding hydrogens is 581 g/mol. The lowest BCUT2D eigenvalue weighted by Gasteiger charge is -2.27. The maximum absolute atomic E-state index is 16.0. The van der Waals surface area contributed by atoms with Gasteiger partial charge in [0, 0.05) is 23.9 Å². The summed E-state index contributed by atoms with van der Waals surface area (Å²) in [5, 5.41) is 2.98. The highest BCUT2D eigenvalue weighted by Gasteiger charge is 2.30. The van der Waals surface area contributed by atoms with Crippen molar-refractivity contribution in [3.63, 3.8) is 0 Å². The molecule has 1 aromatic heterocycles. The quantitative estimate of drug-likeness (QED) is 0.192. The SMILES string of the molecule is C=C(C)c1cc(CCN(C)C)cn(C(CC(C)C)C(=O)N[C@@H](CC(=O)OCC)c2cc(-c3c(C)cccc3C)cc(C)c2F)c1=O. The van der Waals surface area contributed by atoms with Gasteiger partial charge in [-0.05, 0) is 125 Å². The molecule has 46 heavy (non-hydrogen) atoms. The van der Waals surface area contributed by atoms with Gasteiger partial charge >= 0.3 is 5.97 Å². The van der Waals surface area contributed by atoms with Crippen molar-refractivity contribution in [3.8, 4) is 11.1 Å². The van der Waals surface area contributed by atoms with E-state index in [0.717, 1.165) is 34.4 Å². The van der Waals surface area contributed by atoms with E-state index in [1.807, 2.05) is 66.1 Å². The van der Waals surface area contributed by atoms with Crippen LogP contribution in [0.15, 0.2) is 54.0 Å². The van der Waals surface area contributed by atoms with Crippen LogP contribution in [0.5, 0.6) is 0 Å². The number of rotatable bonds is 14. The second-order valence-electron chi connectivity index (χ2n) is 13.0. The van der Waals surface area contributed by atoms with Gasteiger partial charge in [-0.3, -0.25) is 14.4 Å². The van der Waals surface area contributed by atoms with E-state index in [1.165, 1.54) is 4.57 Å². The first-order chi connectivity index (χ1) is 21.6. The topological polar surface area (TPSA) is 80.6 Å². The maximum atomic E-state index is 16.0. The van der Waals surface area contributed by atoms with E-state index in [4.69, 9.17) is 4.74 Å². The molecule has 1 amide bonds. The number of amides is 1. The van der Waals surface area contributed by atoms with Crippen molar-refractivity contribution in [1.29, 1.82) is 0 Å². The monoisotopic (exact) mass is 631 g/mol. The molecular formula is C38H50FN3O4. The first-order valence-corrected chi connectivity index (χ1v) is 16.0. The zero-order chi connectivity index (χ0) is 34.3. The zero-order valence-electron chi connectivity index (χ0n) is 28.9. The van der Waals surface area contributed by atoms with Crippen molar-refractivity contribution in [2.24, 2.45) is 5.92 Å². The molecule has 0 aliphatic carbocycles. The minimum absolute atomic E-state index is 0.0520. The van der Waals surface area contributed by atoms with E-state index >= 15 is 4.39 Å². The summed E-state index contributed by atoms with van der Waals surface area (Å²) in [5.74, 6) is -1.49. The molecule has 3 rings (SSSR count). The highest BCUT2D eigenvalue weighted by atomic mass is 19.1. The minimum Gasteiger partial charge on any atom is -0.466 e. The van der Waals surface area contributed by atoms with Crippen LogP contribution < -0.4 is 10.9 Å². The van der Waals surface area contributed by atoms with E-state index < -0.39 is 29.8 Å². The molecule has 0 fully saturated rings. The number of hydrogen-bond acceptors (Lipinski definition) is 5. The first kappa shape index (κ1) is 36.4. The predicted molar refractivity (Wildman–Crippen MR) is 184 cm³/mol. The molecule has 0 saturated carbocycles. The number of likely N-dealkylation sites (N-methyl/N-ethyl adjacent to an activating group) is 1. The number of allylic oxidation sites excluding steroid dienone is 1. The van der Waals surface area contributed by atoms with Crippen LogP contribution in [0.4, 0.5) is 4.39 Å². The number of benzene rings is 2. The van der Waals surface area contributed by atoms with Gasteiger partial charge in [-0.1, -0.05) is 38.6 Å². The molecule has 0 aliphatic rings. The number of ether oxygens (including phenoxy) is 1. The molecule has 0 saturated heterocycles. The molecule has 248 valence electrons. The van der Waals surface area contributed by atoms with E-state index in [0.29, 0.717) is 29.5 Å². The number of halogens is 1. The summed E-state index contributed by atoms with van der Waals surface area (Å²) in [6.45, 7) is 18.0. The predicted octanol–water partition coefficient (Wildman–Crippen LogP) is 7.11. The number of hydrogen-bond donors (Lipinski definition) is 1. The largest absolute Gasteiger partial charge is 0.466 e. The molecule has 8 heteroatoms. The van der Waals surface area contributed by atoms with Crippen LogP contribution in [0, 0.1) is 32.5 Å². The fraction of sp³-hybridized carbons (Fsp3) is 0.447. The Morgan fingerprint density at radius 3 is 2.28 bits per heavy atom. The summed E-state index contributed by atoms with van der Waals surface area (Å²) >= 11 is 0. The van der Waals surface area contributed by atoms with Gasteiger partial charge < -0.3 is 19.5 Å². The van der Waals surface area contributed by atoms with Gasteiger partial charge in [-0.15, -0.1) is 0 Å². The molecule has 0 aliphatic heterocycles. The normalized spacial score (nSPS) is 12.7. The molecule has 1 heterocycles. The Balaban J connectivity index is 2.17. The molecule has 1 N–H and O–H groups in total. The number of esters is 1. The Kier molecular flexibility index (Phi) is 12.7. The zero-order valence-corrected chi connectivity index (χ0v) is 28.9. The van der Waals surface area contributed by atoms with Crippen molar-refractivity contribution in [1.82, 2.24) is 14.8 Å². The van der Waals surface area contributed by atoms with Crippen LogP contribution in [-0.4, -0.2) is 48.6 Å². The van der Waals surface area contributed by atoms with Gasteiger partial charge in [0.05, 0.1) is 19.1 Å². The number of carbonyl (C=O) groups is 2. The lowest BCUT2D eigenvalue weighted by atomic mass is 9.90. The standard InChI is InChI=1S/C38H50FN3O4/c1-11-46-34(43)21-32(31-20-29(18-27(8)36(31)39)35-25(6)13-12-14-26(35)7)40-37(44)33(17-23(2)3)42-22-28(15-16-41(9)10)19-30(24(4)5)38(42)45/h12-14,18-20,22-23,32-33H,4,11,15-17,21H2,1-3,5-10H3,(H,40,44)/t32-,33?/m0/s1. The van der Waals surface area contributed by atoms with Gasteiger partial charge in [0.25, 0.3) is 5.56 Å². The van der Waals surface area contributed by atoms with Gasteiger partial charge in [0.15, 0.2) is 0 Å². The number of carbonyl (C=O) groups excluding carboxylic acids is 2. The number of nitrogens with zero attached hydrogens (tertiary/aromatic N) is 2. The van der Waals surface area contributed by atoms with E-state index in [1.54, 1.807) is 39.1 Å². The summed E-state index contributed by atoms with van der Waals surface area (Å²) in [5.41, 5.74) is 6.05. The number of aromatic nitrogens is 1. The fourth-order valence-corrected chi connectivity index (χ4v) is 5.84. The smallest absolute Gasteiger partial charge is 0.308 e. The third-order valence-electron chi connectivity index (χ3n) is 8.16. The van der Waals surface area contributed by atoms with Gasteiger partial charge in [0.2, 0.25) is 5.91 Å². The van der Waals surface area contributed by atoms with Gasteiger partial charge in [0.1, 0.15) is 11.9 Å². The molecule has 0 spiro atoms. The molecule has 7 nitrogen and oxygen atoms in total. The summed E-state index contributed by atoms with van der Waals surface area (Å²) in [7, 11) is 3.95. The van der Waals surface area contributed by atoms with E-state index in [-0.39, 0.29) is 30.1 Å². The molecule has 0 bridgehead atoms. The van der Waals surface area contributed by atoms with Crippen molar-refractivity contribution >= 4 is 17.4 Å². The number of nitrogens with one attached hydrogen (secondary N) is 1. The summed E-state index contributed by atoms with van der Waals surface area (Å²) in [6, 6.07) is 9.38. The Hall–Kier alpha value is -4.04. The van der Waals surface area contributed by atoms with Crippen molar-refractivity contribution in [3.05, 3.63) is 98.7 Å². The van der Waals surface area contributed by atoms with Crippen LogP contribution in [0.25, 0.3) is 16.7 Å². The van der Waals surface area contributed by atoms with Crippen molar-refractivity contribution in [2.75, 3.05) is 27.2 Å². The van der Waals surface area contributed by atoms with Crippen LogP contribution in [0.2, 0.25) is 0 Å². The highest BCUT2D eigenvalue weighted by Crippen LogP contribution is 2.34.